The van der Waals surface area contributed by atoms with Crippen LogP contribution < -0.4 is 10.6 Å². The molecule has 3 rings (SSSR count). The highest BCUT2D eigenvalue weighted by Gasteiger charge is 2.04. The average molecular weight is 328 g/mol. The zero-order valence-corrected chi connectivity index (χ0v) is 12.8. The van der Waals surface area contributed by atoms with Crippen molar-refractivity contribution in [3.63, 3.8) is 0 Å². The molecule has 7 heteroatoms. The van der Waals surface area contributed by atoms with Crippen LogP contribution in [0.4, 0.5) is 14.9 Å². The van der Waals surface area contributed by atoms with E-state index >= 15 is 0 Å². The van der Waals surface area contributed by atoms with E-state index in [-0.39, 0.29) is 11.8 Å². The van der Waals surface area contributed by atoms with Crippen LogP contribution in [0.2, 0.25) is 0 Å². The van der Waals surface area contributed by atoms with Crippen molar-refractivity contribution in [3.05, 3.63) is 65.3 Å². The van der Waals surface area contributed by atoms with Crippen LogP contribution in [0.1, 0.15) is 5.56 Å². The molecule has 0 atom stereocenters. The number of nitrogens with zero attached hydrogens (tertiary/aromatic N) is 2. The van der Waals surface area contributed by atoms with E-state index in [4.69, 9.17) is 0 Å². The Kier molecular flexibility index (Phi) is 4.58. The number of carbonyl (C=O) groups is 1. The second-order valence-corrected chi connectivity index (χ2v) is 5.41. The van der Waals surface area contributed by atoms with Crippen LogP contribution in [-0.4, -0.2) is 15.6 Å². The molecule has 0 bridgehead atoms. The molecule has 116 valence electrons. The molecular weight excluding hydrogens is 315 g/mol. The molecular formula is C16H13FN4OS. The number of rotatable bonds is 4. The molecule has 0 fully saturated rings. The molecule has 0 radical (unpaired) electrons. The first-order valence-electron chi connectivity index (χ1n) is 6.87. The third-order valence-electron chi connectivity index (χ3n) is 3.16. The number of urea groups is 1. The average Bonchev–Trinajstić information content (AvgIpc) is 3.09. The van der Waals surface area contributed by atoms with Gasteiger partial charge in [-0.15, -0.1) is 5.10 Å². The number of benzene rings is 2. The summed E-state index contributed by atoms with van der Waals surface area (Å²) in [7, 11) is 0. The lowest BCUT2D eigenvalue weighted by Crippen LogP contribution is -2.28. The van der Waals surface area contributed by atoms with Crippen molar-refractivity contribution in [2.75, 3.05) is 5.32 Å². The SMILES string of the molecule is O=C(NCc1ccc(F)cc1)Nc1ccc(-c2csnn2)cc1. The van der Waals surface area contributed by atoms with Crippen molar-refractivity contribution in [1.82, 2.24) is 14.9 Å². The molecule has 2 amide bonds. The standard InChI is InChI=1S/C16H13FN4OS/c17-13-5-1-11(2-6-13)9-18-16(22)19-14-7-3-12(4-8-14)15-10-23-21-20-15/h1-8,10H,9H2,(H2,18,19,22). The minimum absolute atomic E-state index is 0.298. The normalized spacial score (nSPS) is 10.3. The van der Waals surface area contributed by atoms with Gasteiger partial charge < -0.3 is 10.6 Å². The molecule has 0 saturated carbocycles. The van der Waals surface area contributed by atoms with Gasteiger partial charge in [0.1, 0.15) is 11.5 Å². The van der Waals surface area contributed by atoms with Crippen molar-refractivity contribution in [1.29, 1.82) is 0 Å². The van der Waals surface area contributed by atoms with Gasteiger partial charge in [-0.25, -0.2) is 9.18 Å². The second-order valence-electron chi connectivity index (χ2n) is 4.80. The Morgan fingerprint density at radius 3 is 2.48 bits per heavy atom. The van der Waals surface area contributed by atoms with Crippen molar-refractivity contribution in [2.45, 2.75) is 6.54 Å². The van der Waals surface area contributed by atoms with Gasteiger partial charge in [-0.1, -0.05) is 28.8 Å². The third-order valence-corrected chi connectivity index (χ3v) is 3.67. The molecule has 2 aromatic carbocycles. The van der Waals surface area contributed by atoms with Gasteiger partial charge in [0.2, 0.25) is 0 Å². The van der Waals surface area contributed by atoms with E-state index in [2.05, 4.69) is 20.2 Å². The Bertz CT molecular complexity index is 773. The molecule has 0 aliphatic rings. The van der Waals surface area contributed by atoms with E-state index in [1.54, 1.807) is 24.3 Å². The van der Waals surface area contributed by atoms with Crippen molar-refractivity contribution in [3.8, 4) is 11.3 Å². The maximum absolute atomic E-state index is 12.8. The molecule has 0 spiro atoms. The lowest BCUT2D eigenvalue weighted by molar-refractivity contribution is 0.251. The third kappa shape index (κ3) is 4.10. The number of aromatic nitrogens is 2. The highest BCUT2D eigenvalue weighted by molar-refractivity contribution is 7.03. The summed E-state index contributed by atoms with van der Waals surface area (Å²) in [6.45, 7) is 0.328. The highest BCUT2D eigenvalue weighted by atomic mass is 32.1. The van der Waals surface area contributed by atoms with E-state index in [1.807, 2.05) is 17.5 Å². The lowest BCUT2D eigenvalue weighted by Gasteiger charge is -2.08. The molecule has 23 heavy (non-hydrogen) atoms. The summed E-state index contributed by atoms with van der Waals surface area (Å²) in [5, 5.41) is 11.3. The van der Waals surface area contributed by atoms with Crippen LogP contribution in [0.3, 0.4) is 0 Å². The van der Waals surface area contributed by atoms with Gasteiger partial charge in [0.05, 0.1) is 0 Å². The van der Waals surface area contributed by atoms with Crippen LogP contribution in [0.15, 0.2) is 53.9 Å². The highest BCUT2D eigenvalue weighted by Crippen LogP contribution is 2.19. The molecule has 0 aliphatic heterocycles. The minimum Gasteiger partial charge on any atom is -0.334 e. The molecule has 5 nitrogen and oxygen atoms in total. The van der Waals surface area contributed by atoms with Gasteiger partial charge in [0.15, 0.2) is 0 Å². The number of hydrogen-bond acceptors (Lipinski definition) is 4. The van der Waals surface area contributed by atoms with Crippen LogP contribution in [0, 0.1) is 5.82 Å². The van der Waals surface area contributed by atoms with Crippen LogP contribution in [0.5, 0.6) is 0 Å². The van der Waals surface area contributed by atoms with Gasteiger partial charge in [0.25, 0.3) is 0 Å². The number of amides is 2. The summed E-state index contributed by atoms with van der Waals surface area (Å²) in [5.41, 5.74) is 3.25. The number of hydrogen-bond donors (Lipinski definition) is 2. The maximum Gasteiger partial charge on any atom is 0.319 e. The molecule has 0 saturated heterocycles. The van der Waals surface area contributed by atoms with Crippen LogP contribution in [-0.2, 0) is 6.54 Å². The predicted molar refractivity (Wildman–Crippen MR) is 87.6 cm³/mol. The molecule has 3 aromatic rings. The van der Waals surface area contributed by atoms with Gasteiger partial charge in [-0.3, -0.25) is 0 Å². The van der Waals surface area contributed by atoms with E-state index in [0.717, 1.165) is 16.8 Å². The number of carbonyl (C=O) groups excluding carboxylic acids is 1. The molecule has 1 heterocycles. The summed E-state index contributed by atoms with van der Waals surface area (Å²) < 4.78 is 16.6. The van der Waals surface area contributed by atoms with Crippen LogP contribution in [0.25, 0.3) is 11.3 Å². The monoisotopic (exact) mass is 328 g/mol. The van der Waals surface area contributed by atoms with Gasteiger partial charge in [-0.2, -0.15) is 0 Å². The van der Waals surface area contributed by atoms with Gasteiger partial charge in [-0.05, 0) is 41.4 Å². The number of anilines is 1. The minimum atomic E-state index is -0.322. The Balaban J connectivity index is 1.54. The fourth-order valence-corrected chi connectivity index (χ4v) is 2.44. The summed E-state index contributed by atoms with van der Waals surface area (Å²) in [4.78, 5) is 11.8. The van der Waals surface area contributed by atoms with Crippen molar-refractivity contribution >= 4 is 23.3 Å². The largest absolute Gasteiger partial charge is 0.334 e. The number of nitrogens with one attached hydrogen (secondary N) is 2. The topological polar surface area (TPSA) is 66.9 Å². The van der Waals surface area contributed by atoms with Crippen molar-refractivity contribution in [2.24, 2.45) is 0 Å². The first-order chi connectivity index (χ1) is 11.2. The summed E-state index contributed by atoms with van der Waals surface area (Å²) in [6, 6.07) is 13.0. The van der Waals surface area contributed by atoms with Crippen LogP contribution >= 0.6 is 11.5 Å². The second kappa shape index (κ2) is 6.97. The zero-order chi connectivity index (χ0) is 16.1. The molecule has 2 N–H and O–H groups in total. The molecule has 1 aromatic heterocycles. The lowest BCUT2D eigenvalue weighted by atomic mass is 10.1. The zero-order valence-electron chi connectivity index (χ0n) is 12.0. The Morgan fingerprint density at radius 2 is 1.83 bits per heavy atom. The molecule has 0 aliphatic carbocycles. The quantitative estimate of drug-likeness (QED) is 0.768. The van der Waals surface area contributed by atoms with Gasteiger partial charge in [0, 0.05) is 23.2 Å². The first kappa shape index (κ1) is 15.1. The van der Waals surface area contributed by atoms with E-state index < -0.39 is 0 Å². The molecule has 0 unspecified atom stereocenters. The van der Waals surface area contributed by atoms with Gasteiger partial charge >= 0.3 is 6.03 Å². The first-order valence-corrected chi connectivity index (χ1v) is 7.71. The Morgan fingerprint density at radius 1 is 1.09 bits per heavy atom. The maximum atomic E-state index is 12.8. The van der Waals surface area contributed by atoms with E-state index in [9.17, 15) is 9.18 Å². The van der Waals surface area contributed by atoms with E-state index in [1.165, 1.54) is 23.7 Å². The summed E-state index contributed by atoms with van der Waals surface area (Å²) >= 11 is 1.29. The van der Waals surface area contributed by atoms with E-state index in [0.29, 0.717) is 12.2 Å². The Labute approximate surface area is 136 Å². The number of halogens is 1. The smallest absolute Gasteiger partial charge is 0.319 e. The Hall–Kier alpha value is -2.80. The predicted octanol–water partition coefficient (Wildman–Crippen LogP) is 3.67. The summed E-state index contributed by atoms with van der Waals surface area (Å²) in [6.07, 6.45) is 0. The van der Waals surface area contributed by atoms with Crippen molar-refractivity contribution < 1.29 is 9.18 Å². The summed E-state index contributed by atoms with van der Waals surface area (Å²) in [5.74, 6) is -0.298. The fraction of sp³-hybridized carbons (Fsp3) is 0.0625. The fourth-order valence-electron chi connectivity index (χ4n) is 1.97.